The molecule has 0 fully saturated rings. The second kappa shape index (κ2) is 5.94. The van der Waals surface area contributed by atoms with Crippen LogP contribution in [0.2, 0.25) is 0 Å². The minimum atomic E-state index is 0.590. The molecule has 0 atom stereocenters. The van der Waals surface area contributed by atoms with Gasteiger partial charge in [0.05, 0.1) is 6.20 Å². The molecule has 0 aliphatic carbocycles. The Morgan fingerprint density at radius 2 is 1.52 bits per heavy atom. The average Bonchev–Trinajstić information content (AvgIpc) is 3.08. The number of benzene rings is 2. The van der Waals surface area contributed by atoms with Crippen molar-refractivity contribution in [2.45, 2.75) is 0 Å². The standard InChI is InChI=1S/C20H19N5/c1-24(2)16-10-8-15(9-11-16)18-13-23-25-19(21)17(12-22-20(18)25)14-6-4-3-5-7-14/h3-13H,21H2,1-2H3. The molecular formula is C20H19N5. The summed E-state index contributed by atoms with van der Waals surface area (Å²) in [6.45, 7) is 0. The lowest BCUT2D eigenvalue weighted by molar-refractivity contribution is 0.954. The van der Waals surface area contributed by atoms with Crippen molar-refractivity contribution in [3.63, 3.8) is 0 Å². The maximum absolute atomic E-state index is 6.36. The molecule has 0 amide bonds. The highest BCUT2D eigenvalue weighted by molar-refractivity contribution is 5.82. The van der Waals surface area contributed by atoms with Gasteiger partial charge in [-0.3, -0.25) is 0 Å². The Kier molecular flexibility index (Phi) is 3.61. The first kappa shape index (κ1) is 15.2. The van der Waals surface area contributed by atoms with Crippen LogP contribution in [0.15, 0.2) is 67.0 Å². The first-order valence-electron chi connectivity index (χ1n) is 8.10. The Morgan fingerprint density at radius 1 is 0.840 bits per heavy atom. The Morgan fingerprint density at radius 3 is 2.20 bits per heavy atom. The minimum Gasteiger partial charge on any atom is -0.383 e. The monoisotopic (exact) mass is 329 g/mol. The van der Waals surface area contributed by atoms with Crippen LogP contribution in [0.1, 0.15) is 0 Å². The lowest BCUT2D eigenvalue weighted by Gasteiger charge is -2.12. The van der Waals surface area contributed by atoms with Crippen LogP contribution < -0.4 is 10.6 Å². The molecule has 0 unspecified atom stereocenters. The summed E-state index contributed by atoms with van der Waals surface area (Å²) < 4.78 is 1.71. The summed E-state index contributed by atoms with van der Waals surface area (Å²) in [7, 11) is 4.05. The molecule has 0 saturated carbocycles. The third kappa shape index (κ3) is 2.59. The number of fused-ring (bicyclic) bond motifs is 1. The van der Waals surface area contributed by atoms with Crippen molar-refractivity contribution in [2.75, 3.05) is 24.7 Å². The molecule has 124 valence electrons. The fraction of sp³-hybridized carbons (Fsp3) is 0.100. The molecular weight excluding hydrogens is 310 g/mol. The molecule has 0 spiro atoms. The topological polar surface area (TPSA) is 59.5 Å². The van der Waals surface area contributed by atoms with Crippen LogP contribution in [-0.4, -0.2) is 28.7 Å². The van der Waals surface area contributed by atoms with Crippen LogP contribution in [0.25, 0.3) is 27.9 Å². The van der Waals surface area contributed by atoms with Crippen LogP contribution in [-0.2, 0) is 0 Å². The van der Waals surface area contributed by atoms with Gasteiger partial charge in [-0.05, 0) is 23.3 Å². The number of nitrogen functional groups attached to an aromatic ring is 1. The third-order valence-electron chi connectivity index (χ3n) is 4.34. The number of rotatable bonds is 3. The summed E-state index contributed by atoms with van der Waals surface area (Å²) in [6, 6.07) is 18.3. The Hall–Kier alpha value is -3.34. The minimum absolute atomic E-state index is 0.590. The molecule has 2 N–H and O–H groups in total. The van der Waals surface area contributed by atoms with Crippen molar-refractivity contribution in [2.24, 2.45) is 0 Å². The Bertz CT molecular complexity index is 1020. The zero-order chi connectivity index (χ0) is 17.4. The van der Waals surface area contributed by atoms with Crippen LogP contribution in [0.4, 0.5) is 11.5 Å². The van der Waals surface area contributed by atoms with Gasteiger partial charge in [-0.25, -0.2) is 4.98 Å². The number of nitrogens with two attached hydrogens (primary N) is 1. The van der Waals surface area contributed by atoms with Crippen molar-refractivity contribution in [1.82, 2.24) is 14.6 Å². The zero-order valence-corrected chi connectivity index (χ0v) is 14.2. The van der Waals surface area contributed by atoms with E-state index in [4.69, 9.17) is 5.73 Å². The van der Waals surface area contributed by atoms with Gasteiger partial charge in [0, 0.05) is 37.1 Å². The van der Waals surface area contributed by atoms with Gasteiger partial charge in [0.1, 0.15) is 5.82 Å². The molecule has 2 aromatic carbocycles. The third-order valence-corrected chi connectivity index (χ3v) is 4.34. The molecule has 2 aromatic heterocycles. The van der Waals surface area contributed by atoms with Crippen molar-refractivity contribution < 1.29 is 0 Å². The van der Waals surface area contributed by atoms with E-state index in [0.717, 1.165) is 33.6 Å². The van der Waals surface area contributed by atoms with E-state index in [0.29, 0.717) is 5.82 Å². The molecule has 0 bridgehead atoms. The smallest absolute Gasteiger partial charge is 0.165 e. The Labute approximate surface area is 146 Å². The van der Waals surface area contributed by atoms with Crippen molar-refractivity contribution in [3.8, 4) is 22.3 Å². The molecule has 5 nitrogen and oxygen atoms in total. The van der Waals surface area contributed by atoms with E-state index >= 15 is 0 Å². The SMILES string of the molecule is CN(C)c1ccc(-c2cnn3c(N)c(-c4ccccc4)cnc23)cc1. The summed E-state index contributed by atoms with van der Waals surface area (Å²) in [4.78, 5) is 6.69. The summed E-state index contributed by atoms with van der Waals surface area (Å²) in [5.74, 6) is 0.590. The largest absolute Gasteiger partial charge is 0.383 e. The number of anilines is 2. The average molecular weight is 329 g/mol. The van der Waals surface area contributed by atoms with Crippen LogP contribution in [0.3, 0.4) is 0 Å². The van der Waals surface area contributed by atoms with Gasteiger partial charge in [0.15, 0.2) is 5.65 Å². The van der Waals surface area contributed by atoms with Crippen molar-refractivity contribution in [1.29, 1.82) is 0 Å². The predicted octanol–water partition coefficient (Wildman–Crippen LogP) is 3.71. The van der Waals surface area contributed by atoms with Gasteiger partial charge < -0.3 is 10.6 Å². The highest BCUT2D eigenvalue weighted by atomic mass is 15.3. The summed E-state index contributed by atoms with van der Waals surface area (Å²) in [6.07, 6.45) is 3.64. The lowest BCUT2D eigenvalue weighted by atomic mass is 10.1. The second-order valence-electron chi connectivity index (χ2n) is 6.16. The van der Waals surface area contributed by atoms with E-state index < -0.39 is 0 Å². The number of nitrogens with zero attached hydrogens (tertiary/aromatic N) is 4. The van der Waals surface area contributed by atoms with Crippen LogP contribution >= 0.6 is 0 Å². The highest BCUT2D eigenvalue weighted by Gasteiger charge is 2.13. The van der Waals surface area contributed by atoms with Gasteiger partial charge >= 0.3 is 0 Å². The fourth-order valence-electron chi connectivity index (χ4n) is 2.93. The van der Waals surface area contributed by atoms with E-state index in [1.54, 1.807) is 4.52 Å². The predicted molar refractivity (Wildman–Crippen MR) is 103 cm³/mol. The molecule has 25 heavy (non-hydrogen) atoms. The van der Waals surface area contributed by atoms with Gasteiger partial charge in [0.2, 0.25) is 0 Å². The van der Waals surface area contributed by atoms with Crippen LogP contribution in [0, 0.1) is 0 Å². The quantitative estimate of drug-likeness (QED) is 0.622. The maximum Gasteiger partial charge on any atom is 0.165 e. The van der Waals surface area contributed by atoms with Gasteiger partial charge in [-0.15, -0.1) is 0 Å². The molecule has 4 rings (SSSR count). The fourth-order valence-corrected chi connectivity index (χ4v) is 2.93. The number of aromatic nitrogens is 3. The van der Waals surface area contributed by atoms with Crippen molar-refractivity contribution >= 4 is 17.2 Å². The molecule has 0 saturated heterocycles. The highest BCUT2D eigenvalue weighted by Crippen LogP contribution is 2.30. The second-order valence-corrected chi connectivity index (χ2v) is 6.16. The molecule has 0 aliphatic heterocycles. The van der Waals surface area contributed by atoms with Gasteiger partial charge in [-0.2, -0.15) is 9.61 Å². The Balaban J connectivity index is 1.81. The molecule has 4 aromatic rings. The lowest BCUT2D eigenvalue weighted by Crippen LogP contribution is -2.07. The first-order chi connectivity index (χ1) is 12.1. The number of hydrogen-bond donors (Lipinski definition) is 1. The van der Waals surface area contributed by atoms with E-state index in [9.17, 15) is 0 Å². The normalized spacial score (nSPS) is 11.0. The first-order valence-corrected chi connectivity index (χ1v) is 8.10. The van der Waals surface area contributed by atoms with Gasteiger partial charge in [-0.1, -0.05) is 42.5 Å². The molecule has 5 heteroatoms. The van der Waals surface area contributed by atoms with E-state index in [2.05, 4.69) is 39.2 Å². The van der Waals surface area contributed by atoms with E-state index in [-0.39, 0.29) is 0 Å². The van der Waals surface area contributed by atoms with Crippen LogP contribution in [0.5, 0.6) is 0 Å². The van der Waals surface area contributed by atoms with E-state index in [1.807, 2.05) is 56.8 Å². The molecule has 2 heterocycles. The number of hydrogen-bond acceptors (Lipinski definition) is 4. The summed E-state index contributed by atoms with van der Waals surface area (Å²) in [5, 5.41) is 4.46. The molecule has 0 aliphatic rings. The summed E-state index contributed by atoms with van der Waals surface area (Å²) >= 11 is 0. The van der Waals surface area contributed by atoms with E-state index in [1.165, 1.54) is 0 Å². The maximum atomic E-state index is 6.36. The molecule has 0 radical (unpaired) electrons. The zero-order valence-electron chi connectivity index (χ0n) is 14.2. The van der Waals surface area contributed by atoms with Gasteiger partial charge in [0.25, 0.3) is 0 Å². The van der Waals surface area contributed by atoms with Crippen molar-refractivity contribution in [3.05, 3.63) is 67.0 Å². The summed E-state index contributed by atoms with van der Waals surface area (Å²) in [5.41, 5.74) is 12.2.